The molecule has 0 saturated heterocycles. The summed E-state index contributed by atoms with van der Waals surface area (Å²) in [7, 11) is 0. The van der Waals surface area contributed by atoms with E-state index in [1.54, 1.807) is 18.2 Å². The predicted molar refractivity (Wildman–Crippen MR) is 118 cm³/mol. The van der Waals surface area contributed by atoms with E-state index < -0.39 is 6.61 Å². The van der Waals surface area contributed by atoms with Gasteiger partial charge in [-0.3, -0.25) is 0 Å². The average molecular weight is 428 g/mol. The van der Waals surface area contributed by atoms with Gasteiger partial charge in [-0.25, -0.2) is 4.39 Å². The van der Waals surface area contributed by atoms with Crippen LogP contribution in [-0.4, -0.2) is 13.2 Å². The van der Waals surface area contributed by atoms with Crippen LogP contribution in [0.5, 0.6) is 11.5 Å². The standard InChI is InChI=1S/C26H27F3O2/c1-2-3-4-5-6-17-30-22-12-7-19(8-13-22)21-11-16-24(25(27)18-21)20-9-14-23(15-10-20)31-26(28)29/h7-16,18,26H,2-6,17H2,1H3. The van der Waals surface area contributed by atoms with Crippen molar-refractivity contribution >= 4 is 0 Å². The molecule has 0 aliphatic rings. The molecule has 0 amide bonds. The first-order chi connectivity index (χ1) is 15.1. The van der Waals surface area contributed by atoms with Crippen LogP contribution in [0.2, 0.25) is 0 Å². The molecule has 31 heavy (non-hydrogen) atoms. The van der Waals surface area contributed by atoms with Gasteiger partial charge in [0.1, 0.15) is 17.3 Å². The zero-order valence-corrected chi connectivity index (χ0v) is 17.6. The van der Waals surface area contributed by atoms with Crippen molar-refractivity contribution < 1.29 is 22.6 Å². The molecule has 3 aromatic carbocycles. The van der Waals surface area contributed by atoms with Gasteiger partial charge in [0.05, 0.1) is 6.61 Å². The van der Waals surface area contributed by atoms with E-state index in [1.807, 2.05) is 30.3 Å². The third-order valence-corrected chi connectivity index (χ3v) is 5.06. The summed E-state index contributed by atoms with van der Waals surface area (Å²) < 4.78 is 49.4. The first kappa shape index (κ1) is 22.7. The Labute approximate surface area is 181 Å². The highest BCUT2D eigenvalue weighted by Gasteiger charge is 2.09. The minimum Gasteiger partial charge on any atom is -0.494 e. The Morgan fingerprint density at radius 1 is 0.710 bits per heavy atom. The Morgan fingerprint density at radius 3 is 1.97 bits per heavy atom. The molecule has 0 bridgehead atoms. The molecule has 0 saturated carbocycles. The summed E-state index contributed by atoms with van der Waals surface area (Å²) in [6, 6.07) is 18.5. The molecule has 0 N–H and O–H groups in total. The maximum atomic E-state index is 14.7. The van der Waals surface area contributed by atoms with Crippen molar-refractivity contribution in [2.24, 2.45) is 0 Å². The summed E-state index contributed by atoms with van der Waals surface area (Å²) in [4.78, 5) is 0. The van der Waals surface area contributed by atoms with Crippen LogP contribution in [0.3, 0.4) is 0 Å². The quantitative estimate of drug-likeness (QED) is 0.287. The van der Waals surface area contributed by atoms with Crippen LogP contribution in [-0.2, 0) is 0 Å². The second kappa shape index (κ2) is 11.4. The number of rotatable bonds is 11. The molecule has 0 aliphatic heterocycles. The van der Waals surface area contributed by atoms with Crippen molar-refractivity contribution in [1.82, 2.24) is 0 Å². The van der Waals surface area contributed by atoms with Crippen molar-refractivity contribution in [1.29, 1.82) is 0 Å². The number of hydrogen-bond donors (Lipinski definition) is 0. The second-order valence-corrected chi connectivity index (χ2v) is 7.38. The van der Waals surface area contributed by atoms with Crippen molar-refractivity contribution in [2.75, 3.05) is 6.61 Å². The third kappa shape index (κ3) is 6.78. The first-order valence-electron chi connectivity index (χ1n) is 10.6. The molecule has 2 nitrogen and oxygen atoms in total. The highest BCUT2D eigenvalue weighted by atomic mass is 19.3. The van der Waals surface area contributed by atoms with Crippen LogP contribution in [0.4, 0.5) is 13.2 Å². The van der Waals surface area contributed by atoms with E-state index >= 15 is 0 Å². The molecule has 0 atom stereocenters. The van der Waals surface area contributed by atoms with Crippen LogP contribution in [0.25, 0.3) is 22.3 Å². The largest absolute Gasteiger partial charge is 0.494 e. The van der Waals surface area contributed by atoms with Gasteiger partial charge in [0.2, 0.25) is 0 Å². The van der Waals surface area contributed by atoms with Crippen molar-refractivity contribution in [2.45, 2.75) is 45.6 Å². The molecule has 0 fully saturated rings. The Hall–Kier alpha value is -2.95. The normalized spacial score (nSPS) is 11.0. The summed E-state index contributed by atoms with van der Waals surface area (Å²) in [6.07, 6.45) is 5.96. The predicted octanol–water partition coefficient (Wildman–Crippen LogP) is 8.11. The molecule has 0 spiro atoms. The maximum absolute atomic E-state index is 14.7. The Kier molecular flexibility index (Phi) is 8.39. The van der Waals surface area contributed by atoms with Gasteiger partial charge in [-0.05, 0) is 53.4 Å². The fraction of sp³-hybridized carbons (Fsp3) is 0.308. The van der Waals surface area contributed by atoms with Crippen molar-refractivity contribution in [3.8, 4) is 33.8 Å². The van der Waals surface area contributed by atoms with E-state index in [9.17, 15) is 13.2 Å². The van der Waals surface area contributed by atoms with E-state index in [1.165, 1.54) is 43.9 Å². The minimum absolute atomic E-state index is 0.0408. The lowest BCUT2D eigenvalue weighted by atomic mass is 9.99. The highest BCUT2D eigenvalue weighted by molar-refractivity contribution is 5.71. The van der Waals surface area contributed by atoms with Crippen LogP contribution < -0.4 is 9.47 Å². The van der Waals surface area contributed by atoms with E-state index in [2.05, 4.69) is 11.7 Å². The lowest BCUT2D eigenvalue weighted by molar-refractivity contribution is -0.0498. The number of ether oxygens (including phenoxy) is 2. The molecular formula is C26H27F3O2. The Bertz CT molecular complexity index is 938. The monoisotopic (exact) mass is 428 g/mol. The molecule has 0 aliphatic carbocycles. The van der Waals surface area contributed by atoms with Crippen molar-refractivity contribution in [3.63, 3.8) is 0 Å². The lowest BCUT2D eigenvalue weighted by Gasteiger charge is -2.10. The smallest absolute Gasteiger partial charge is 0.387 e. The van der Waals surface area contributed by atoms with Gasteiger partial charge in [0.25, 0.3) is 0 Å². The van der Waals surface area contributed by atoms with Gasteiger partial charge >= 0.3 is 6.61 Å². The fourth-order valence-corrected chi connectivity index (χ4v) is 3.38. The van der Waals surface area contributed by atoms with E-state index in [0.717, 1.165) is 23.3 Å². The van der Waals surface area contributed by atoms with Crippen LogP contribution in [0.15, 0.2) is 66.7 Å². The van der Waals surface area contributed by atoms with Gasteiger partial charge in [-0.1, -0.05) is 69.0 Å². The zero-order valence-electron chi connectivity index (χ0n) is 17.6. The molecule has 5 heteroatoms. The van der Waals surface area contributed by atoms with Crippen LogP contribution >= 0.6 is 0 Å². The summed E-state index contributed by atoms with van der Waals surface area (Å²) in [5.74, 6) is 0.467. The minimum atomic E-state index is -2.88. The number of halogens is 3. The van der Waals surface area contributed by atoms with Gasteiger partial charge in [-0.15, -0.1) is 0 Å². The number of benzene rings is 3. The van der Waals surface area contributed by atoms with E-state index in [0.29, 0.717) is 17.7 Å². The van der Waals surface area contributed by atoms with E-state index in [4.69, 9.17) is 4.74 Å². The Morgan fingerprint density at radius 2 is 1.32 bits per heavy atom. The molecular weight excluding hydrogens is 401 g/mol. The summed E-state index contributed by atoms with van der Waals surface area (Å²) in [5, 5.41) is 0. The molecule has 0 unspecified atom stereocenters. The third-order valence-electron chi connectivity index (χ3n) is 5.06. The van der Waals surface area contributed by atoms with Crippen LogP contribution in [0.1, 0.15) is 39.0 Å². The zero-order chi connectivity index (χ0) is 22.1. The second-order valence-electron chi connectivity index (χ2n) is 7.38. The van der Waals surface area contributed by atoms with Gasteiger partial charge in [0.15, 0.2) is 0 Å². The molecule has 3 rings (SSSR count). The maximum Gasteiger partial charge on any atom is 0.387 e. The SMILES string of the molecule is CCCCCCCOc1ccc(-c2ccc(-c3ccc(OC(F)F)cc3)c(F)c2)cc1. The van der Waals surface area contributed by atoms with E-state index in [-0.39, 0.29) is 11.6 Å². The summed E-state index contributed by atoms with van der Waals surface area (Å²) in [5.41, 5.74) is 2.63. The lowest BCUT2D eigenvalue weighted by Crippen LogP contribution is -2.01. The Balaban J connectivity index is 1.61. The molecule has 164 valence electrons. The van der Waals surface area contributed by atoms with Crippen LogP contribution in [0, 0.1) is 5.82 Å². The van der Waals surface area contributed by atoms with Gasteiger partial charge < -0.3 is 9.47 Å². The highest BCUT2D eigenvalue weighted by Crippen LogP contribution is 2.30. The molecule has 0 aromatic heterocycles. The number of unbranched alkanes of at least 4 members (excludes halogenated alkanes) is 4. The number of hydrogen-bond acceptors (Lipinski definition) is 2. The number of alkyl halides is 2. The van der Waals surface area contributed by atoms with Gasteiger partial charge in [0, 0.05) is 5.56 Å². The van der Waals surface area contributed by atoms with Gasteiger partial charge in [-0.2, -0.15) is 8.78 Å². The summed E-state index contributed by atoms with van der Waals surface area (Å²) in [6.45, 7) is 0.0146. The average Bonchev–Trinajstić information content (AvgIpc) is 2.77. The first-order valence-corrected chi connectivity index (χ1v) is 10.6. The molecule has 3 aromatic rings. The fourth-order valence-electron chi connectivity index (χ4n) is 3.38. The summed E-state index contributed by atoms with van der Waals surface area (Å²) >= 11 is 0. The molecule has 0 radical (unpaired) electrons. The van der Waals surface area contributed by atoms with Crippen molar-refractivity contribution in [3.05, 3.63) is 72.5 Å². The topological polar surface area (TPSA) is 18.5 Å². The molecule has 0 heterocycles.